The maximum Gasteiger partial charge on any atom is 0.251 e. The number of amides is 1. The molecule has 0 aromatic heterocycles. The molecule has 1 amide bonds. The lowest BCUT2D eigenvalue weighted by atomic mass is 10.1. The highest BCUT2D eigenvalue weighted by atomic mass is 16.2. The number of hydrogen-bond acceptors (Lipinski definition) is 3. The largest absolute Gasteiger partial charge is 0.295 e. The minimum Gasteiger partial charge on any atom is -0.295 e. The molecule has 15 heavy (non-hydrogen) atoms. The van der Waals surface area contributed by atoms with Crippen LogP contribution < -0.4 is 11.3 Å². The van der Waals surface area contributed by atoms with Crippen molar-refractivity contribution in [1.82, 2.24) is 10.3 Å². The number of hydrazine groups is 1. The van der Waals surface area contributed by atoms with Crippen molar-refractivity contribution in [1.29, 1.82) is 0 Å². The van der Waals surface area contributed by atoms with Crippen molar-refractivity contribution in [3.05, 3.63) is 0 Å². The first-order valence-electron chi connectivity index (χ1n) is 5.80. The standard InChI is InChI=1S/C11H23N3O/c1-4-5-10(11(15)13-12)14(3)7-9-6-8(9)2/h8-10H,4-7,12H2,1-3H3,(H,13,15). The van der Waals surface area contributed by atoms with E-state index in [0.717, 1.165) is 31.2 Å². The monoisotopic (exact) mass is 213 g/mol. The highest BCUT2D eigenvalue weighted by molar-refractivity contribution is 5.81. The predicted molar refractivity (Wildman–Crippen MR) is 60.9 cm³/mol. The summed E-state index contributed by atoms with van der Waals surface area (Å²) in [5, 5.41) is 0. The van der Waals surface area contributed by atoms with E-state index < -0.39 is 0 Å². The van der Waals surface area contributed by atoms with Crippen LogP contribution in [0.3, 0.4) is 0 Å². The summed E-state index contributed by atoms with van der Waals surface area (Å²) < 4.78 is 0. The molecule has 3 N–H and O–H groups in total. The second kappa shape index (κ2) is 5.47. The van der Waals surface area contributed by atoms with Gasteiger partial charge in [0.05, 0.1) is 6.04 Å². The summed E-state index contributed by atoms with van der Waals surface area (Å²) in [6.45, 7) is 5.36. The summed E-state index contributed by atoms with van der Waals surface area (Å²) in [5.41, 5.74) is 2.26. The van der Waals surface area contributed by atoms with E-state index in [9.17, 15) is 4.79 Å². The third kappa shape index (κ3) is 3.47. The van der Waals surface area contributed by atoms with Crippen LogP contribution >= 0.6 is 0 Å². The average Bonchev–Trinajstić information content (AvgIpc) is 2.89. The van der Waals surface area contributed by atoms with Crippen LogP contribution in [0, 0.1) is 11.8 Å². The Morgan fingerprint density at radius 1 is 1.67 bits per heavy atom. The molecule has 3 atom stereocenters. The minimum absolute atomic E-state index is 0.0622. The van der Waals surface area contributed by atoms with Gasteiger partial charge in [-0.05, 0) is 31.7 Å². The van der Waals surface area contributed by atoms with Gasteiger partial charge < -0.3 is 0 Å². The van der Waals surface area contributed by atoms with Crippen LogP contribution in [0.25, 0.3) is 0 Å². The first-order chi connectivity index (χ1) is 7.10. The molecule has 0 heterocycles. The van der Waals surface area contributed by atoms with Gasteiger partial charge in [-0.2, -0.15) is 0 Å². The van der Waals surface area contributed by atoms with Crippen molar-refractivity contribution in [3.63, 3.8) is 0 Å². The maximum atomic E-state index is 11.5. The van der Waals surface area contributed by atoms with Crippen molar-refractivity contribution in [2.75, 3.05) is 13.6 Å². The normalized spacial score (nSPS) is 26.5. The SMILES string of the molecule is CCCC(C(=O)NN)N(C)CC1CC1C. The molecule has 0 radical (unpaired) electrons. The number of rotatable bonds is 6. The third-order valence-corrected chi connectivity index (χ3v) is 3.34. The molecule has 1 aliphatic rings. The molecule has 0 aromatic rings. The second-order valence-corrected chi connectivity index (χ2v) is 4.73. The van der Waals surface area contributed by atoms with Gasteiger partial charge in [0.25, 0.3) is 5.91 Å². The molecule has 88 valence electrons. The summed E-state index contributed by atoms with van der Waals surface area (Å²) in [7, 11) is 2.01. The first-order valence-corrected chi connectivity index (χ1v) is 5.80. The van der Waals surface area contributed by atoms with Gasteiger partial charge in [-0.15, -0.1) is 0 Å². The van der Waals surface area contributed by atoms with Gasteiger partial charge >= 0.3 is 0 Å². The van der Waals surface area contributed by atoms with E-state index in [1.165, 1.54) is 6.42 Å². The van der Waals surface area contributed by atoms with Gasteiger partial charge in [0, 0.05) is 6.54 Å². The number of carbonyl (C=O) groups excluding carboxylic acids is 1. The van der Waals surface area contributed by atoms with E-state index in [1.54, 1.807) is 0 Å². The topological polar surface area (TPSA) is 58.4 Å². The van der Waals surface area contributed by atoms with E-state index in [0.29, 0.717) is 0 Å². The van der Waals surface area contributed by atoms with Gasteiger partial charge in [0.2, 0.25) is 0 Å². The zero-order valence-electron chi connectivity index (χ0n) is 9.99. The van der Waals surface area contributed by atoms with Crippen LogP contribution in [0.2, 0.25) is 0 Å². The molecule has 0 bridgehead atoms. The summed E-state index contributed by atoms with van der Waals surface area (Å²) in [4.78, 5) is 13.7. The molecule has 1 fully saturated rings. The predicted octanol–water partition coefficient (Wildman–Crippen LogP) is 0.733. The van der Waals surface area contributed by atoms with E-state index in [2.05, 4.69) is 24.2 Å². The Hall–Kier alpha value is -0.610. The molecule has 1 aliphatic carbocycles. The Balaban J connectivity index is 2.42. The lowest BCUT2D eigenvalue weighted by molar-refractivity contribution is -0.126. The Morgan fingerprint density at radius 3 is 2.67 bits per heavy atom. The zero-order chi connectivity index (χ0) is 11.4. The number of nitrogens with two attached hydrogens (primary N) is 1. The Morgan fingerprint density at radius 2 is 2.27 bits per heavy atom. The van der Waals surface area contributed by atoms with Crippen molar-refractivity contribution >= 4 is 5.91 Å². The van der Waals surface area contributed by atoms with Gasteiger partial charge in [-0.1, -0.05) is 20.3 Å². The van der Waals surface area contributed by atoms with Gasteiger partial charge in [0.15, 0.2) is 0 Å². The number of nitrogens with one attached hydrogen (secondary N) is 1. The average molecular weight is 213 g/mol. The van der Waals surface area contributed by atoms with Crippen molar-refractivity contribution in [3.8, 4) is 0 Å². The van der Waals surface area contributed by atoms with E-state index in [1.807, 2.05) is 7.05 Å². The Bertz CT molecular complexity index is 220. The molecule has 0 spiro atoms. The summed E-state index contributed by atoms with van der Waals surface area (Å²) in [6, 6.07) is -0.0622. The fourth-order valence-electron chi connectivity index (χ4n) is 2.07. The lowest BCUT2D eigenvalue weighted by Crippen LogP contribution is -2.48. The molecule has 1 rings (SSSR count). The minimum atomic E-state index is -0.0624. The van der Waals surface area contributed by atoms with E-state index in [4.69, 9.17) is 5.84 Å². The summed E-state index contributed by atoms with van der Waals surface area (Å²) in [5.74, 6) is 6.73. The summed E-state index contributed by atoms with van der Waals surface area (Å²) in [6.07, 6.45) is 3.18. The fourth-order valence-corrected chi connectivity index (χ4v) is 2.07. The second-order valence-electron chi connectivity index (χ2n) is 4.73. The van der Waals surface area contributed by atoms with Crippen LogP contribution in [0.15, 0.2) is 0 Å². The molecule has 3 unspecified atom stereocenters. The molecular weight excluding hydrogens is 190 g/mol. The number of hydrogen-bond donors (Lipinski definition) is 2. The number of nitrogens with zero attached hydrogens (tertiary/aromatic N) is 1. The van der Waals surface area contributed by atoms with Crippen LogP contribution in [-0.4, -0.2) is 30.4 Å². The maximum absolute atomic E-state index is 11.5. The molecule has 0 aromatic carbocycles. The molecule has 0 aliphatic heterocycles. The van der Waals surface area contributed by atoms with Crippen LogP contribution in [0.5, 0.6) is 0 Å². The van der Waals surface area contributed by atoms with Gasteiger partial charge in [-0.3, -0.25) is 15.1 Å². The number of carbonyl (C=O) groups is 1. The van der Waals surface area contributed by atoms with Crippen LogP contribution in [0.4, 0.5) is 0 Å². The van der Waals surface area contributed by atoms with E-state index in [-0.39, 0.29) is 11.9 Å². The third-order valence-electron chi connectivity index (χ3n) is 3.34. The van der Waals surface area contributed by atoms with Crippen molar-refractivity contribution in [2.24, 2.45) is 17.7 Å². The fraction of sp³-hybridized carbons (Fsp3) is 0.909. The molecule has 4 nitrogen and oxygen atoms in total. The quantitative estimate of drug-likeness (QED) is 0.388. The van der Waals surface area contributed by atoms with Crippen molar-refractivity contribution < 1.29 is 4.79 Å². The molecule has 4 heteroatoms. The highest BCUT2D eigenvalue weighted by Crippen LogP contribution is 2.38. The molecule has 1 saturated carbocycles. The highest BCUT2D eigenvalue weighted by Gasteiger charge is 2.35. The Labute approximate surface area is 92.2 Å². The van der Waals surface area contributed by atoms with Gasteiger partial charge in [0.1, 0.15) is 0 Å². The zero-order valence-corrected chi connectivity index (χ0v) is 9.99. The molecule has 0 saturated heterocycles. The number of likely N-dealkylation sites (N-methyl/N-ethyl adjacent to an activating group) is 1. The van der Waals surface area contributed by atoms with E-state index >= 15 is 0 Å². The molecular formula is C11H23N3O. The first kappa shape index (κ1) is 12.5. The van der Waals surface area contributed by atoms with Crippen molar-refractivity contribution in [2.45, 2.75) is 39.2 Å². The van der Waals surface area contributed by atoms with Crippen LogP contribution in [-0.2, 0) is 4.79 Å². The Kier molecular flexibility index (Phi) is 4.54. The lowest BCUT2D eigenvalue weighted by Gasteiger charge is -2.26. The summed E-state index contributed by atoms with van der Waals surface area (Å²) >= 11 is 0. The smallest absolute Gasteiger partial charge is 0.251 e. The van der Waals surface area contributed by atoms with Gasteiger partial charge in [-0.25, -0.2) is 5.84 Å². The van der Waals surface area contributed by atoms with Crippen LogP contribution in [0.1, 0.15) is 33.1 Å².